The van der Waals surface area contributed by atoms with Crippen molar-refractivity contribution in [1.82, 2.24) is 14.8 Å². The number of piperazine rings is 1. The number of hydrogen-bond acceptors (Lipinski definition) is 5. The van der Waals surface area contributed by atoms with E-state index in [0.717, 1.165) is 50.6 Å². The second-order valence-corrected chi connectivity index (χ2v) is 6.98. The van der Waals surface area contributed by atoms with E-state index in [9.17, 15) is 4.79 Å². The number of aromatic nitrogens is 1. The van der Waals surface area contributed by atoms with Crippen LogP contribution in [-0.2, 0) is 12.8 Å². The lowest BCUT2D eigenvalue weighted by atomic mass is 10.1. The zero-order valence-electron chi connectivity index (χ0n) is 13.9. The van der Waals surface area contributed by atoms with Gasteiger partial charge in [0, 0.05) is 44.5 Å². The van der Waals surface area contributed by atoms with E-state index in [2.05, 4.69) is 34.1 Å². The molecule has 2 heterocycles. The van der Waals surface area contributed by atoms with Gasteiger partial charge in [0.05, 0.1) is 5.01 Å². The summed E-state index contributed by atoms with van der Waals surface area (Å²) < 4.78 is 0. The van der Waals surface area contributed by atoms with Crippen molar-refractivity contribution < 1.29 is 4.79 Å². The molecule has 1 aromatic heterocycles. The lowest BCUT2D eigenvalue weighted by molar-refractivity contribution is 0.0633. The molecule has 3 rings (SSSR count). The molecule has 0 saturated carbocycles. The van der Waals surface area contributed by atoms with Crippen molar-refractivity contribution in [2.24, 2.45) is 5.73 Å². The third kappa shape index (κ3) is 4.41. The summed E-state index contributed by atoms with van der Waals surface area (Å²) in [5.74, 6) is 0.0530. The lowest BCUT2D eigenvalue weighted by Gasteiger charge is -2.34. The van der Waals surface area contributed by atoms with Gasteiger partial charge < -0.3 is 10.6 Å². The highest BCUT2D eigenvalue weighted by Crippen LogP contribution is 2.14. The molecule has 128 valence electrons. The first-order valence-corrected chi connectivity index (χ1v) is 9.34. The third-order valence-corrected chi connectivity index (χ3v) is 5.26. The Bertz CT molecular complexity index is 650. The van der Waals surface area contributed by atoms with Crippen LogP contribution >= 0.6 is 11.3 Å². The molecule has 1 saturated heterocycles. The first-order chi connectivity index (χ1) is 11.8. The molecule has 24 heavy (non-hydrogen) atoms. The van der Waals surface area contributed by atoms with Gasteiger partial charge in [0.15, 0.2) is 0 Å². The Balaban J connectivity index is 1.46. The number of hydrogen-bond donors (Lipinski definition) is 1. The van der Waals surface area contributed by atoms with Crippen LogP contribution in [0.15, 0.2) is 35.7 Å². The average molecular weight is 344 g/mol. The first-order valence-electron chi connectivity index (χ1n) is 8.46. The van der Waals surface area contributed by atoms with Gasteiger partial charge in [0.25, 0.3) is 5.91 Å². The van der Waals surface area contributed by atoms with Gasteiger partial charge in [-0.05, 0) is 18.5 Å². The van der Waals surface area contributed by atoms with Gasteiger partial charge in [-0.3, -0.25) is 9.69 Å². The van der Waals surface area contributed by atoms with E-state index < -0.39 is 0 Å². The highest BCUT2D eigenvalue weighted by molar-refractivity contribution is 7.09. The van der Waals surface area contributed by atoms with Crippen molar-refractivity contribution in [3.8, 4) is 0 Å². The summed E-state index contributed by atoms with van der Waals surface area (Å²) in [5.41, 5.74) is 7.48. The number of benzene rings is 1. The Morgan fingerprint density at radius 2 is 1.88 bits per heavy atom. The number of thiazole rings is 1. The number of amides is 1. The van der Waals surface area contributed by atoms with E-state index in [0.29, 0.717) is 12.2 Å². The monoisotopic (exact) mass is 344 g/mol. The summed E-state index contributed by atoms with van der Waals surface area (Å²) in [6.07, 6.45) is 1.80. The lowest BCUT2D eigenvalue weighted by Crippen LogP contribution is -2.49. The molecule has 2 N–H and O–H groups in total. The normalized spacial score (nSPS) is 15.6. The predicted molar refractivity (Wildman–Crippen MR) is 97.4 cm³/mol. The van der Waals surface area contributed by atoms with Crippen LogP contribution < -0.4 is 5.73 Å². The molecule has 1 fully saturated rings. The van der Waals surface area contributed by atoms with Crippen molar-refractivity contribution >= 4 is 17.2 Å². The third-order valence-electron chi connectivity index (χ3n) is 4.35. The zero-order chi connectivity index (χ0) is 16.8. The molecule has 0 unspecified atom stereocenters. The maximum atomic E-state index is 12.5. The summed E-state index contributed by atoms with van der Waals surface area (Å²) in [6.45, 7) is 5.02. The summed E-state index contributed by atoms with van der Waals surface area (Å²) >= 11 is 1.52. The van der Waals surface area contributed by atoms with Crippen LogP contribution in [-0.4, -0.2) is 60.0 Å². The van der Waals surface area contributed by atoms with Crippen molar-refractivity contribution in [2.45, 2.75) is 12.8 Å². The van der Waals surface area contributed by atoms with E-state index in [1.165, 1.54) is 16.9 Å². The standard InChI is InChI=1S/C18H24N4OS/c19-8-6-17-20-16(14-24-17)18(23)22-12-10-21(11-13-22)9-7-15-4-2-1-3-5-15/h1-5,14H,6-13,19H2. The van der Waals surface area contributed by atoms with Gasteiger partial charge in [-0.2, -0.15) is 0 Å². The average Bonchev–Trinajstić information content (AvgIpc) is 3.10. The predicted octanol–water partition coefficient (Wildman–Crippen LogP) is 1.64. The van der Waals surface area contributed by atoms with Gasteiger partial charge >= 0.3 is 0 Å². The fraction of sp³-hybridized carbons (Fsp3) is 0.444. The molecule has 6 heteroatoms. The molecule has 1 amide bonds. The molecule has 0 bridgehead atoms. The van der Waals surface area contributed by atoms with Crippen LogP contribution in [0, 0.1) is 0 Å². The molecule has 1 aliphatic heterocycles. The minimum Gasteiger partial charge on any atom is -0.335 e. The zero-order valence-corrected chi connectivity index (χ0v) is 14.7. The fourth-order valence-electron chi connectivity index (χ4n) is 2.92. The van der Waals surface area contributed by atoms with E-state index in [-0.39, 0.29) is 5.91 Å². The molecule has 1 aromatic carbocycles. The smallest absolute Gasteiger partial charge is 0.273 e. The number of nitrogens with two attached hydrogens (primary N) is 1. The van der Waals surface area contributed by atoms with Crippen LogP contribution in [0.5, 0.6) is 0 Å². The Morgan fingerprint density at radius 3 is 2.58 bits per heavy atom. The quantitative estimate of drug-likeness (QED) is 0.865. The van der Waals surface area contributed by atoms with E-state index in [1.54, 1.807) is 0 Å². The minimum atomic E-state index is 0.0530. The molecule has 0 radical (unpaired) electrons. The Hall–Kier alpha value is -1.76. The van der Waals surface area contributed by atoms with Crippen LogP contribution in [0.3, 0.4) is 0 Å². The van der Waals surface area contributed by atoms with Crippen LogP contribution in [0.4, 0.5) is 0 Å². The number of rotatable bonds is 6. The highest BCUT2D eigenvalue weighted by atomic mass is 32.1. The van der Waals surface area contributed by atoms with Gasteiger partial charge in [0.2, 0.25) is 0 Å². The van der Waals surface area contributed by atoms with Crippen molar-refractivity contribution in [3.63, 3.8) is 0 Å². The Labute approximate surface area is 147 Å². The highest BCUT2D eigenvalue weighted by Gasteiger charge is 2.23. The second kappa shape index (κ2) is 8.37. The number of carbonyl (C=O) groups is 1. The van der Waals surface area contributed by atoms with E-state index >= 15 is 0 Å². The summed E-state index contributed by atoms with van der Waals surface area (Å²) in [4.78, 5) is 21.3. The van der Waals surface area contributed by atoms with Crippen LogP contribution in [0.1, 0.15) is 21.1 Å². The largest absolute Gasteiger partial charge is 0.335 e. The van der Waals surface area contributed by atoms with Gasteiger partial charge in [-0.25, -0.2) is 4.98 Å². The molecule has 0 atom stereocenters. The van der Waals surface area contributed by atoms with E-state index in [4.69, 9.17) is 5.73 Å². The second-order valence-electron chi connectivity index (χ2n) is 6.03. The molecular weight excluding hydrogens is 320 g/mol. The van der Waals surface area contributed by atoms with Gasteiger partial charge in [-0.15, -0.1) is 11.3 Å². The molecule has 5 nitrogen and oxygen atoms in total. The van der Waals surface area contributed by atoms with Crippen LogP contribution in [0.2, 0.25) is 0 Å². The minimum absolute atomic E-state index is 0.0530. The van der Waals surface area contributed by atoms with Crippen LogP contribution in [0.25, 0.3) is 0 Å². The van der Waals surface area contributed by atoms with Gasteiger partial charge in [0.1, 0.15) is 5.69 Å². The van der Waals surface area contributed by atoms with Crippen molar-refractivity contribution in [3.05, 3.63) is 52.0 Å². The maximum absolute atomic E-state index is 12.5. The first kappa shape index (κ1) is 17.1. The number of carbonyl (C=O) groups excluding carboxylic acids is 1. The van der Waals surface area contributed by atoms with Crippen molar-refractivity contribution in [2.75, 3.05) is 39.3 Å². The molecule has 0 aliphatic carbocycles. The molecule has 2 aromatic rings. The molecule has 0 spiro atoms. The van der Waals surface area contributed by atoms with Gasteiger partial charge in [-0.1, -0.05) is 30.3 Å². The fourth-order valence-corrected chi connectivity index (χ4v) is 3.70. The SMILES string of the molecule is NCCc1nc(C(=O)N2CCN(CCc3ccccc3)CC2)cs1. The Morgan fingerprint density at radius 1 is 1.12 bits per heavy atom. The maximum Gasteiger partial charge on any atom is 0.273 e. The topological polar surface area (TPSA) is 62.5 Å². The Kier molecular flexibility index (Phi) is 5.96. The molecule has 1 aliphatic rings. The summed E-state index contributed by atoms with van der Waals surface area (Å²) in [6, 6.07) is 10.5. The number of nitrogens with zero attached hydrogens (tertiary/aromatic N) is 3. The summed E-state index contributed by atoms with van der Waals surface area (Å²) in [7, 11) is 0. The molecular formula is C18H24N4OS. The van der Waals surface area contributed by atoms with Crippen molar-refractivity contribution in [1.29, 1.82) is 0 Å². The van der Waals surface area contributed by atoms with E-state index in [1.807, 2.05) is 16.3 Å². The summed E-state index contributed by atoms with van der Waals surface area (Å²) in [5, 5.41) is 2.80.